The summed E-state index contributed by atoms with van der Waals surface area (Å²) in [7, 11) is 1.55. The smallest absolute Gasteiger partial charge is 0.289 e. The molecule has 7 heteroatoms. The minimum atomic E-state index is -1.03. The molecule has 3 rings (SSSR count). The van der Waals surface area contributed by atoms with Gasteiger partial charge in [-0.15, -0.1) is 0 Å². The van der Waals surface area contributed by atoms with E-state index in [4.69, 9.17) is 10.5 Å². The topological polar surface area (TPSA) is 103 Å². The number of carbonyl (C=O) groups is 3. The predicted octanol–water partition coefficient (Wildman–Crippen LogP) is 1.96. The Hall–Kier alpha value is -3.61. The van der Waals surface area contributed by atoms with E-state index in [0.717, 1.165) is 0 Å². The van der Waals surface area contributed by atoms with Gasteiger partial charge in [0.25, 0.3) is 11.7 Å². The number of hydrogen-bond donors (Lipinski definition) is 2. The summed E-state index contributed by atoms with van der Waals surface area (Å²) < 4.78 is 6.74. The molecule has 26 heavy (non-hydrogen) atoms. The molecule has 0 radical (unpaired) electrons. The highest BCUT2D eigenvalue weighted by Crippen LogP contribution is 2.22. The largest absolute Gasteiger partial charge is 0.497 e. The summed E-state index contributed by atoms with van der Waals surface area (Å²) in [6.07, 6.45) is 1.48. The standard InChI is InChI=1S/C19H17N3O4/c1-26-13-6-4-5-12(9-13)21-17(23)11-22-10-15(18(24)19(20)25)14-7-2-3-8-16(14)22/h2-10H,11H2,1H3,(H2,20,25)(H,21,23). The molecule has 0 aliphatic carbocycles. The zero-order valence-electron chi connectivity index (χ0n) is 14.1. The summed E-state index contributed by atoms with van der Waals surface area (Å²) in [5, 5.41) is 3.35. The molecule has 3 N–H and O–H groups in total. The summed E-state index contributed by atoms with van der Waals surface area (Å²) in [4.78, 5) is 35.7. The second-order valence-corrected chi connectivity index (χ2v) is 5.66. The van der Waals surface area contributed by atoms with Crippen LogP contribution in [0.3, 0.4) is 0 Å². The number of nitrogens with two attached hydrogens (primary N) is 1. The van der Waals surface area contributed by atoms with E-state index < -0.39 is 11.7 Å². The van der Waals surface area contributed by atoms with Crippen molar-refractivity contribution >= 4 is 34.2 Å². The SMILES string of the molecule is COc1cccc(NC(=O)Cn2cc(C(=O)C(N)=O)c3ccccc32)c1. The second-order valence-electron chi connectivity index (χ2n) is 5.66. The van der Waals surface area contributed by atoms with Crippen molar-refractivity contribution in [2.45, 2.75) is 6.54 Å². The van der Waals surface area contributed by atoms with Gasteiger partial charge >= 0.3 is 0 Å². The molecule has 0 spiro atoms. The number of ketones is 1. The first kappa shape index (κ1) is 17.2. The molecule has 132 valence electrons. The van der Waals surface area contributed by atoms with E-state index in [1.807, 2.05) is 0 Å². The van der Waals surface area contributed by atoms with Crippen molar-refractivity contribution in [3.8, 4) is 5.75 Å². The number of nitrogens with one attached hydrogen (secondary N) is 1. The summed E-state index contributed by atoms with van der Waals surface area (Å²) in [6, 6.07) is 14.0. The Morgan fingerprint density at radius 3 is 2.62 bits per heavy atom. The third-order valence-electron chi connectivity index (χ3n) is 3.92. The molecule has 0 bridgehead atoms. The fraction of sp³-hybridized carbons (Fsp3) is 0.105. The fourth-order valence-electron chi connectivity index (χ4n) is 2.75. The average molecular weight is 351 g/mol. The summed E-state index contributed by atoms with van der Waals surface area (Å²) in [5.74, 6) is -1.47. The summed E-state index contributed by atoms with van der Waals surface area (Å²) in [5.41, 5.74) is 6.55. The van der Waals surface area contributed by atoms with E-state index in [2.05, 4.69) is 5.32 Å². The highest BCUT2D eigenvalue weighted by Gasteiger charge is 2.19. The van der Waals surface area contributed by atoms with Crippen LogP contribution in [0.2, 0.25) is 0 Å². The molecule has 7 nitrogen and oxygen atoms in total. The van der Waals surface area contributed by atoms with E-state index in [1.54, 1.807) is 60.2 Å². The highest BCUT2D eigenvalue weighted by atomic mass is 16.5. The van der Waals surface area contributed by atoms with Crippen LogP contribution < -0.4 is 15.8 Å². The van der Waals surface area contributed by atoms with E-state index in [9.17, 15) is 14.4 Å². The first-order valence-corrected chi connectivity index (χ1v) is 7.85. The Morgan fingerprint density at radius 2 is 1.88 bits per heavy atom. The lowest BCUT2D eigenvalue weighted by Crippen LogP contribution is -2.23. The van der Waals surface area contributed by atoms with E-state index >= 15 is 0 Å². The molecule has 2 amide bonds. The molecule has 0 aliphatic heterocycles. The molecule has 0 aliphatic rings. The quantitative estimate of drug-likeness (QED) is 0.523. The molecule has 0 atom stereocenters. The molecular formula is C19H17N3O4. The molecule has 1 heterocycles. The third kappa shape index (κ3) is 3.41. The number of primary amides is 1. The zero-order valence-corrected chi connectivity index (χ0v) is 14.1. The number of para-hydroxylation sites is 1. The minimum Gasteiger partial charge on any atom is -0.497 e. The molecule has 0 fully saturated rings. The van der Waals surface area contributed by atoms with Gasteiger partial charge in [-0.1, -0.05) is 24.3 Å². The molecule has 0 saturated heterocycles. The van der Waals surface area contributed by atoms with Crippen LogP contribution in [-0.2, 0) is 16.1 Å². The van der Waals surface area contributed by atoms with Gasteiger partial charge in [-0.25, -0.2) is 0 Å². The van der Waals surface area contributed by atoms with E-state index in [0.29, 0.717) is 22.3 Å². The van der Waals surface area contributed by atoms with Crippen LogP contribution >= 0.6 is 0 Å². The van der Waals surface area contributed by atoms with Crippen molar-refractivity contribution in [2.24, 2.45) is 5.73 Å². The van der Waals surface area contributed by atoms with Crippen molar-refractivity contribution in [3.63, 3.8) is 0 Å². The number of anilines is 1. The predicted molar refractivity (Wildman–Crippen MR) is 97.1 cm³/mol. The number of Topliss-reactive ketones (excluding diaryl/α,β-unsaturated/α-hetero) is 1. The van der Waals surface area contributed by atoms with Gasteiger partial charge in [-0.3, -0.25) is 14.4 Å². The Bertz CT molecular complexity index is 1010. The van der Waals surface area contributed by atoms with Crippen molar-refractivity contribution in [2.75, 3.05) is 12.4 Å². The number of carbonyl (C=O) groups excluding carboxylic acids is 3. The van der Waals surface area contributed by atoms with Gasteiger partial charge in [0.15, 0.2) is 0 Å². The number of nitrogens with zero attached hydrogens (tertiary/aromatic N) is 1. The molecule has 0 saturated carbocycles. The van der Waals surface area contributed by atoms with Crippen LogP contribution in [0.4, 0.5) is 5.69 Å². The normalized spacial score (nSPS) is 10.5. The molecule has 1 aromatic heterocycles. The van der Waals surface area contributed by atoms with Crippen LogP contribution in [0.5, 0.6) is 5.75 Å². The number of fused-ring (bicyclic) bond motifs is 1. The van der Waals surface area contributed by atoms with Gasteiger partial charge in [0.05, 0.1) is 12.7 Å². The maximum Gasteiger partial charge on any atom is 0.289 e. The lowest BCUT2D eigenvalue weighted by molar-refractivity contribution is -0.116. The number of methoxy groups -OCH3 is 1. The number of hydrogen-bond acceptors (Lipinski definition) is 4. The van der Waals surface area contributed by atoms with Crippen molar-refractivity contribution in [3.05, 3.63) is 60.3 Å². The number of ether oxygens (including phenoxy) is 1. The van der Waals surface area contributed by atoms with Gasteiger partial charge in [0, 0.05) is 28.9 Å². The van der Waals surface area contributed by atoms with Crippen molar-refractivity contribution < 1.29 is 19.1 Å². The monoisotopic (exact) mass is 351 g/mol. The van der Waals surface area contributed by atoms with E-state index in [1.165, 1.54) is 6.20 Å². The molecule has 2 aromatic carbocycles. The van der Waals surface area contributed by atoms with Gasteiger partial charge in [0.2, 0.25) is 5.91 Å². The molecular weight excluding hydrogens is 334 g/mol. The number of aromatic nitrogens is 1. The summed E-state index contributed by atoms with van der Waals surface area (Å²) >= 11 is 0. The fourth-order valence-corrected chi connectivity index (χ4v) is 2.75. The lowest BCUT2D eigenvalue weighted by Gasteiger charge is -2.08. The Balaban J connectivity index is 1.87. The summed E-state index contributed by atoms with van der Waals surface area (Å²) in [6.45, 7) is -0.0240. The van der Waals surface area contributed by atoms with Crippen LogP contribution in [0.1, 0.15) is 10.4 Å². The van der Waals surface area contributed by atoms with Gasteiger partial charge in [-0.2, -0.15) is 0 Å². The highest BCUT2D eigenvalue weighted by molar-refractivity contribution is 6.44. The van der Waals surface area contributed by atoms with Gasteiger partial charge in [-0.05, 0) is 18.2 Å². The number of amides is 2. The van der Waals surface area contributed by atoms with Crippen LogP contribution in [0, 0.1) is 0 Å². The number of benzene rings is 2. The lowest BCUT2D eigenvalue weighted by atomic mass is 10.1. The first-order valence-electron chi connectivity index (χ1n) is 7.85. The van der Waals surface area contributed by atoms with Crippen molar-refractivity contribution in [1.29, 1.82) is 0 Å². The second kappa shape index (κ2) is 7.10. The number of rotatable bonds is 6. The Kier molecular flexibility index (Phi) is 4.70. The Morgan fingerprint density at radius 1 is 1.12 bits per heavy atom. The van der Waals surface area contributed by atoms with Crippen LogP contribution in [0.15, 0.2) is 54.7 Å². The first-order chi connectivity index (χ1) is 12.5. The maximum absolute atomic E-state index is 12.4. The van der Waals surface area contributed by atoms with Crippen LogP contribution in [0.25, 0.3) is 10.9 Å². The molecule has 0 unspecified atom stereocenters. The maximum atomic E-state index is 12.4. The van der Waals surface area contributed by atoms with Gasteiger partial charge in [0.1, 0.15) is 12.3 Å². The average Bonchev–Trinajstić information content (AvgIpc) is 2.99. The van der Waals surface area contributed by atoms with E-state index in [-0.39, 0.29) is 18.0 Å². The minimum absolute atomic E-state index is 0.0240. The zero-order chi connectivity index (χ0) is 18.7. The third-order valence-corrected chi connectivity index (χ3v) is 3.92. The van der Waals surface area contributed by atoms with Gasteiger partial charge < -0.3 is 20.4 Å². The van der Waals surface area contributed by atoms with Crippen molar-refractivity contribution in [1.82, 2.24) is 4.57 Å². The van der Waals surface area contributed by atoms with Crippen LogP contribution in [-0.4, -0.2) is 29.3 Å². The molecule has 3 aromatic rings. The Labute approximate surface area is 149 Å².